The maximum absolute atomic E-state index is 13.6. The highest BCUT2D eigenvalue weighted by Crippen LogP contribution is 2.36. The summed E-state index contributed by atoms with van der Waals surface area (Å²) >= 11 is 6.05. The summed E-state index contributed by atoms with van der Waals surface area (Å²) in [5.41, 5.74) is 3.23. The normalized spacial score (nSPS) is 11.2. The third-order valence-electron chi connectivity index (χ3n) is 3.47. The number of halogens is 2. The molecule has 1 N–H and O–H groups in total. The lowest BCUT2D eigenvalue weighted by Gasteiger charge is -2.06. The van der Waals surface area contributed by atoms with E-state index in [-0.39, 0.29) is 10.7 Å². The Morgan fingerprint density at radius 3 is 2.80 bits per heavy atom. The van der Waals surface area contributed by atoms with Crippen LogP contribution in [0.3, 0.4) is 0 Å². The molecule has 2 aromatic heterocycles. The highest BCUT2D eigenvalue weighted by Gasteiger charge is 2.19. The molecule has 0 saturated heterocycles. The van der Waals surface area contributed by atoms with Crippen molar-refractivity contribution >= 4 is 17.1 Å². The lowest BCUT2D eigenvalue weighted by molar-refractivity contribution is 0.629. The van der Waals surface area contributed by atoms with Crippen molar-refractivity contribution in [3.05, 3.63) is 57.0 Å². The van der Waals surface area contributed by atoms with Crippen LogP contribution in [0.5, 0.6) is 0 Å². The number of hydrogen-bond donors (Lipinski definition) is 1. The van der Waals surface area contributed by atoms with Crippen molar-refractivity contribution in [2.24, 2.45) is 0 Å². The molecule has 0 saturated carbocycles. The fourth-order valence-electron chi connectivity index (χ4n) is 2.57. The number of fused-ring (bicyclic) bond motifs is 1. The predicted octanol–water partition coefficient (Wildman–Crippen LogP) is 3.10. The molecule has 1 aromatic carbocycles. The topological polar surface area (TPSA) is 50.2 Å². The van der Waals surface area contributed by atoms with Gasteiger partial charge in [0.2, 0.25) is 0 Å². The van der Waals surface area contributed by atoms with Crippen molar-refractivity contribution in [1.82, 2.24) is 14.6 Å². The van der Waals surface area contributed by atoms with Gasteiger partial charge in [-0.3, -0.25) is 4.40 Å². The molecule has 0 aliphatic heterocycles. The van der Waals surface area contributed by atoms with E-state index >= 15 is 0 Å². The van der Waals surface area contributed by atoms with Gasteiger partial charge >= 0.3 is 5.69 Å². The molecule has 3 aromatic rings. The standard InChI is InChI=1S/C14H11ClFN3O/c1-7-11-6-17-18-14(20)19(11)8(2)12(7)9-4-3-5-10(16)13(9)15/h3-6H,1-2H3,(H,18,20). The van der Waals surface area contributed by atoms with Crippen molar-refractivity contribution in [1.29, 1.82) is 0 Å². The minimum Gasteiger partial charge on any atom is -0.263 e. The molecule has 0 bridgehead atoms. The van der Waals surface area contributed by atoms with Crippen molar-refractivity contribution in [2.45, 2.75) is 13.8 Å². The first-order chi connectivity index (χ1) is 9.52. The summed E-state index contributed by atoms with van der Waals surface area (Å²) in [7, 11) is 0. The number of nitrogens with zero attached hydrogens (tertiary/aromatic N) is 2. The molecule has 0 atom stereocenters. The Hall–Kier alpha value is -2.14. The summed E-state index contributed by atoms with van der Waals surface area (Å²) in [6.07, 6.45) is 1.57. The van der Waals surface area contributed by atoms with Gasteiger partial charge in [-0.2, -0.15) is 5.10 Å². The number of aryl methyl sites for hydroxylation is 2. The van der Waals surface area contributed by atoms with E-state index in [1.54, 1.807) is 25.3 Å². The maximum atomic E-state index is 13.6. The third-order valence-corrected chi connectivity index (χ3v) is 3.85. The van der Waals surface area contributed by atoms with Gasteiger partial charge in [0.1, 0.15) is 5.82 Å². The number of rotatable bonds is 1. The highest BCUT2D eigenvalue weighted by molar-refractivity contribution is 6.33. The Morgan fingerprint density at radius 2 is 2.10 bits per heavy atom. The van der Waals surface area contributed by atoms with Crippen molar-refractivity contribution in [3.63, 3.8) is 0 Å². The van der Waals surface area contributed by atoms with Crippen LogP contribution in [0.2, 0.25) is 5.02 Å². The van der Waals surface area contributed by atoms with Gasteiger partial charge in [-0.05, 0) is 25.5 Å². The van der Waals surface area contributed by atoms with Gasteiger partial charge in [-0.15, -0.1) is 0 Å². The van der Waals surface area contributed by atoms with Crippen molar-refractivity contribution in [2.75, 3.05) is 0 Å². The minimum absolute atomic E-state index is 0.0546. The number of nitrogens with one attached hydrogen (secondary N) is 1. The first-order valence-electron chi connectivity index (χ1n) is 6.02. The molecule has 20 heavy (non-hydrogen) atoms. The summed E-state index contributed by atoms with van der Waals surface area (Å²) in [5.74, 6) is -0.481. The molecular formula is C14H11ClFN3O. The fourth-order valence-corrected chi connectivity index (χ4v) is 2.79. The van der Waals surface area contributed by atoms with E-state index in [4.69, 9.17) is 11.6 Å². The van der Waals surface area contributed by atoms with Gasteiger partial charge in [0.05, 0.1) is 16.7 Å². The zero-order valence-electron chi connectivity index (χ0n) is 10.9. The molecule has 3 rings (SSSR count). The first-order valence-corrected chi connectivity index (χ1v) is 6.40. The lowest BCUT2D eigenvalue weighted by atomic mass is 10.0. The van der Waals surface area contributed by atoms with Gasteiger partial charge in [0.15, 0.2) is 0 Å². The number of hydrogen-bond acceptors (Lipinski definition) is 2. The Balaban J connectivity index is 2.47. The Bertz CT molecular complexity index is 882. The largest absolute Gasteiger partial charge is 0.346 e. The van der Waals surface area contributed by atoms with E-state index < -0.39 is 5.82 Å². The Labute approximate surface area is 118 Å². The number of H-pyrrole nitrogens is 1. The van der Waals surface area contributed by atoms with Crippen molar-refractivity contribution in [3.8, 4) is 11.1 Å². The van der Waals surface area contributed by atoms with Gasteiger partial charge < -0.3 is 0 Å². The zero-order chi connectivity index (χ0) is 14.4. The second-order valence-corrected chi connectivity index (χ2v) is 4.96. The van der Waals surface area contributed by atoms with Crippen LogP contribution in [-0.4, -0.2) is 14.6 Å². The van der Waals surface area contributed by atoms with Gasteiger partial charge in [0, 0.05) is 16.8 Å². The average Bonchev–Trinajstić information content (AvgIpc) is 2.67. The highest BCUT2D eigenvalue weighted by atomic mass is 35.5. The van der Waals surface area contributed by atoms with E-state index in [2.05, 4.69) is 10.2 Å². The summed E-state index contributed by atoms with van der Waals surface area (Å²) < 4.78 is 15.2. The number of aromatic nitrogens is 3. The molecule has 2 heterocycles. The van der Waals surface area contributed by atoms with Gasteiger partial charge in [-0.25, -0.2) is 14.3 Å². The average molecular weight is 292 g/mol. The molecule has 0 unspecified atom stereocenters. The van der Waals surface area contributed by atoms with Crippen LogP contribution in [0.25, 0.3) is 16.6 Å². The Kier molecular flexibility index (Phi) is 2.87. The summed E-state index contributed by atoms with van der Waals surface area (Å²) in [4.78, 5) is 11.9. The monoisotopic (exact) mass is 291 g/mol. The molecule has 0 aliphatic carbocycles. The molecule has 6 heteroatoms. The SMILES string of the molecule is Cc1c(-c2cccc(F)c2Cl)c(C)n2c(=O)[nH]ncc12. The predicted molar refractivity (Wildman–Crippen MR) is 75.7 cm³/mol. The fraction of sp³-hybridized carbons (Fsp3) is 0.143. The quantitative estimate of drug-likeness (QED) is 0.749. The van der Waals surface area contributed by atoms with Crippen LogP contribution in [0.4, 0.5) is 4.39 Å². The second kappa shape index (κ2) is 4.45. The smallest absolute Gasteiger partial charge is 0.263 e. The third kappa shape index (κ3) is 1.67. The van der Waals surface area contributed by atoms with E-state index in [0.29, 0.717) is 16.8 Å². The van der Waals surface area contributed by atoms with Gasteiger partial charge in [-0.1, -0.05) is 23.7 Å². The van der Waals surface area contributed by atoms with Gasteiger partial charge in [0.25, 0.3) is 0 Å². The van der Waals surface area contributed by atoms with Crippen LogP contribution in [0, 0.1) is 19.7 Å². The molecule has 0 amide bonds. The summed E-state index contributed by atoms with van der Waals surface area (Å²) in [6, 6.07) is 4.64. The van der Waals surface area contributed by atoms with Crippen LogP contribution in [0.1, 0.15) is 11.3 Å². The molecule has 0 spiro atoms. The van der Waals surface area contributed by atoms with Crippen LogP contribution < -0.4 is 5.69 Å². The van der Waals surface area contributed by atoms with E-state index in [1.165, 1.54) is 10.5 Å². The van der Waals surface area contributed by atoms with E-state index in [0.717, 1.165) is 11.1 Å². The molecular weight excluding hydrogens is 281 g/mol. The zero-order valence-corrected chi connectivity index (χ0v) is 11.6. The second-order valence-electron chi connectivity index (χ2n) is 4.58. The van der Waals surface area contributed by atoms with Crippen LogP contribution >= 0.6 is 11.6 Å². The molecule has 4 nitrogen and oxygen atoms in total. The van der Waals surface area contributed by atoms with Crippen LogP contribution in [-0.2, 0) is 0 Å². The summed E-state index contributed by atoms with van der Waals surface area (Å²) in [6.45, 7) is 3.66. The lowest BCUT2D eigenvalue weighted by Crippen LogP contribution is -2.17. The van der Waals surface area contributed by atoms with Crippen molar-refractivity contribution < 1.29 is 4.39 Å². The van der Waals surface area contributed by atoms with E-state index in [1.807, 2.05) is 6.92 Å². The molecule has 102 valence electrons. The van der Waals surface area contributed by atoms with E-state index in [9.17, 15) is 9.18 Å². The maximum Gasteiger partial charge on any atom is 0.346 e. The molecule has 0 radical (unpaired) electrons. The Morgan fingerprint density at radius 1 is 1.35 bits per heavy atom. The number of aromatic amines is 1. The molecule has 0 fully saturated rings. The van der Waals surface area contributed by atoms with Crippen LogP contribution in [0.15, 0.2) is 29.2 Å². The minimum atomic E-state index is -0.481. The summed E-state index contributed by atoms with van der Waals surface area (Å²) in [5, 5.41) is 6.23. The number of benzene rings is 1. The first kappa shape index (κ1) is 12.9. The molecule has 0 aliphatic rings.